The minimum atomic E-state index is -0.162. The van der Waals surface area contributed by atoms with E-state index in [4.69, 9.17) is 0 Å². The average Bonchev–Trinajstić information content (AvgIpc) is 3.25. The Labute approximate surface area is 142 Å². The van der Waals surface area contributed by atoms with Gasteiger partial charge < -0.3 is 15.2 Å². The summed E-state index contributed by atoms with van der Waals surface area (Å²) in [6.45, 7) is 4.77. The van der Waals surface area contributed by atoms with Gasteiger partial charge in [-0.15, -0.1) is 0 Å². The number of carbonyl (C=O) groups is 1. The van der Waals surface area contributed by atoms with E-state index < -0.39 is 0 Å². The molecule has 1 saturated carbocycles. The van der Waals surface area contributed by atoms with Crippen LogP contribution in [0.3, 0.4) is 0 Å². The SMILES string of the molecule is CC(C)(CNC(=O)N[C@@H]1CCC[C@@H]1n1ccnc1)c1cccnc1. The van der Waals surface area contributed by atoms with Crippen molar-refractivity contribution in [2.75, 3.05) is 6.54 Å². The van der Waals surface area contributed by atoms with Crippen LogP contribution in [-0.2, 0) is 5.41 Å². The zero-order valence-corrected chi connectivity index (χ0v) is 14.3. The summed E-state index contributed by atoms with van der Waals surface area (Å²) in [4.78, 5) is 20.6. The van der Waals surface area contributed by atoms with Gasteiger partial charge in [0, 0.05) is 36.7 Å². The molecule has 2 N–H and O–H groups in total. The zero-order valence-electron chi connectivity index (χ0n) is 14.3. The fourth-order valence-electron chi connectivity index (χ4n) is 3.32. The van der Waals surface area contributed by atoms with Crippen molar-refractivity contribution in [3.8, 4) is 0 Å². The highest BCUT2D eigenvalue weighted by Gasteiger charge is 2.30. The van der Waals surface area contributed by atoms with Gasteiger partial charge in [-0.05, 0) is 30.9 Å². The number of urea groups is 1. The maximum absolute atomic E-state index is 12.3. The smallest absolute Gasteiger partial charge is 0.315 e. The molecule has 0 bridgehead atoms. The van der Waals surface area contributed by atoms with Gasteiger partial charge in [-0.25, -0.2) is 9.78 Å². The summed E-state index contributed by atoms with van der Waals surface area (Å²) in [5, 5.41) is 6.14. The standard InChI is InChI=1S/C18H25N5O/c1-18(2,14-5-4-8-19-11-14)12-21-17(24)22-15-6-3-7-16(15)23-10-9-20-13-23/h4-5,8-11,13,15-16H,3,6-7,12H2,1-2H3,(H2,21,22,24)/t15-,16+/m1/s1. The summed E-state index contributed by atoms with van der Waals surface area (Å²) in [5.74, 6) is 0. The molecule has 0 unspecified atom stereocenters. The van der Waals surface area contributed by atoms with Gasteiger partial charge in [0.05, 0.1) is 18.4 Å². The van der Waals surface area contributed by atoms with E-state index in [0.717, 1.165) is 24.8 Å². The first-order valence-corrected chi connectivity index (χ1v) is 8.48. The molecule has 0 aliphatic heterocycles. The van der Waals surface area contributed by atoms with Crippen LogP contribution in [0.5, 0.6) is 0 Å². The molecular formula is C18H25N5O. The van der Waals surface area contributed by atoms with Crippen LogP contribution >= 0.6 is 0 Å². The first-order valence-electron chi connectivity index (χ1n) is 8.48. The van der Waals surface area contributed by atoms with Gasteiger partial charge in [-0.1, -0.05) is 19.9 Å². The number of aromatic nitrogens is 3. The zero-order chi connectivity index (χ0) is 17.0. The van der Waals surface area contributed by atoms with Crippen LogP contribution in [0, 0.1) is 0 Å². The molecular weight excluding hydrogens is 302 g/mol. The van der Waals surface area contributed by atoms with Gasteiger partial charge in [0.25, 0.3) is 0 Å². The van der Waals surface area contributed by atoms with Crippen LogP contribution in [0.1, 0.15) is 44.7 Å². The van der Waals surface area contributed by atoms with Crippen LogP contribution in [0.25, 0.3) is 0 Å². The van der Waals surface area contributed by atoms with Gasteiger partial charge in [0.1, 0.15) is 0 Å². The maximum atomic E-state index is 12.3. The molecule has 2 amide bonds. The highest BCUT2D eigenvalue weighted by Crippen LogP contribution is 2.29. The summed E-state index contributed by atoms with van der Waals surface area (Å²) in [6, 6.07) is 4.30. The monoisotopic (exact) mass is 327 g/mol. The van der Waals surface area contributed by atoms with E-state index in [1.54, 1.807) is 12.4 Å². The predicted octanol–water partition coefficient (Wildman–Crippen LogP) is 2.65. The fourth-order valence-corrected chi connectivity index (χ4v) is 3.32. The fraction of sp³-hybridized carbons (Fsp3) is 0.500. The number of pyridine rings is 1. The Morgan fingerprint density at radius 3 is 2.92 bits per heavy atom. The molecule has 2 aromatic heterocycles. The van der Waals surface area contributed by atoms with Crippen molar-refractivity contribution in [2.24, 2.45) is 0 Å². The molecule has 1 fully saturated rings. The van der Waals surface area contributed by atoms with Gasteiger partial charge in [0.2, 0.25) is 0 Å². The lowest BCUT2D eigenvalue weighted by atomic mass is 9.86. The number of carbonyl (C=O) groups excluding carboxylic acids is 1. The number of rotatable bonds is 5. The number of hydrogen-bond acceptors (Lipinski definition) is 3. The van der Waals surface area contributed by atoms with Crippen molar-refractivity contribution in [1.29, 1.82) is 0 Å². The van der Waals surface area contributed by atoms with E-state index in [1.807, 2.05) is 30.9 Å². The third kappa shape index (κ3) is 3.75. The molecule has 0 aromatic carbocycles. The Bertz CT molecular complexity index is 653. The average molecular weight is 327 g/mol. The third-order valence-electron chi connectivity index (χ3n) is 4.84. The Balaban J connectivity index is 1.54. The third-order valence-corrected chi connectivity index (χ3v) is 4.84. The second kappa shape index (κ2) is 7.03. The molecule has 2 aromatic rings. The molecule has 24 heavy (non-hydrogen) atoms. The second-order valence-electron chi connectivity index (χ2n) is 7.07. The lowest BCUT2D eigenvalue weighted by Gasteiger charge is -2.27. The van der Waals surface area contributed by atoms with Gasteiger partial charge >= 0.3 is 6.03 Å². The number of amides is 2. The number of nitrogens with zero attached hydrogens (tertiary/aromatic N) is 3. The number of nitrogens with one attached hydrogen (secondary N) is 2. The molecule has 128 valence electrons. The van der Waals surface area contributed by atoms with E-state index in [0.29, 0.717) is 12.6 Å². The Morgan fingerprint density at radius 1 is 1.33 bits per heavy atom. The van der Waals surface area contributed by atoms with Crippen molar-refractivity contribution < 1.29 is 4.79 Å². The van der Waals surface area contributed by atoms with Crippen LogP contribution < -0.4 is 10.6 Å². The normalized spacial score (nSPS) is 20.8. The van der Waals surface area contributed by atoms with Crippen LogP contribution in [-0.4, -0.2) is 33.2 Å². The highest BCUT2D eigenvalue weighted by atomic mass is 16.2. The summed E-state index contributed by atoms with van der Waals surface area (Å²) in [7, 11) is 0. The maximum Gasteiger partial charge on any atom is 0.315 e. The summed E-state index contributed by atoms with van der Waals surface area (Å²) in [6.07, 6.45) is 12.4. The molecule has 6 nitrogen and oxygen atoms in total. The second-order valence-corrected chi connectivity index (χ2v) is 7.07. The van der Waals surface area contributed by atoms with Crippen LogP contribution in [0.15, 0.2) is 43.2 Å². The van der Waals surface area contributed by atoms with Gasteiger partial charge in [-0.2, -0.15) is 0 Å². The largest absolute Gasteiger partial charge is 0.337 e. The predicted molar refractivity (Wildman–Crippen MR) is 92.7 cm³/mol. The first-order chi connectivity index (χ1) is 11.6. The topological polar surface area (TPSA) is 71.8 Å². The van der Waals surface area contributed by atoms with E-state index in [-0.39, 0.29) is 17.5 Å². The van der Waals surface area contributed by atoms with Crippen molar-refractivity contribution in [1.82, 2.24) is 25.2 Å². The lowest BCUT2D eigenvalue weighted by molar-refractivity contribution is 0.231. The molecule has 0 spiro atoms. The van der Waals surface area contributed by atoms with Gasteiger partial charge in [0.15, 0.2) is 0 Å². The van der Waals surface area contributed by atoms with Crippen LogP contribution in [0.2, 0.25) is 0 Å². The summed E-state index contributed by atoms with van der Waals surface area (Å²) < 4.78 is 2.09. The number of imidazole rings is 1. The van der Waals surface area contributed by atoms with Crippen molar-refractivity contribution in [2.45, 2.75) is 50.6 Å². The van der Waals surface area contributed by atoms with Crippen LogP contribution in [0.4, 0.5) is 4.79 Å². The molecule has 2 atom stereocenters. The van der Waals surface area contributed by atoms with E-state index >= 15 is 0 Å². The Morgan fingerprint density at radius 2 is 2.21 bits per heavy atom. The molecule has 2 heterocycles. The minimum Gasteiger partial charge on any atom is -0.337 e. The highest BCUT2D eigenvalue weighted by molar-refractivity contribution is 5.74. The molecule has 6 heteroatoms. The molecule has 3 rings (SSSR count). The Kier molecular flexibility index (Phi) is 4.83. The minimum absolute atomic E-state index is 0.107. The molecule has 0 saturated heterocycles. The first kappa shape index (κ1) is 16.5. The van der Waals surface area contributed by atoms with E-state index in [1.165, 1.54) is 0 Å². The van der Waals surface area contributed by atoms with Gasteiger partial charge in [-0.3, -0.25) is 4.98 Å². The summed E-state index contributed by atoms with van der Waals surface area (Å²) >= 11 is 0. The lowest BCUT2D eigenvalue weighted by Crippen LogP contribution is -2.47. The van der Waals surface area contributed by atoms with Crippen molar-refractivity contribution >= 4 is 6.03 Å². The molecule has 1 aliphatic carbocycles. The van der Waals surface area contributed by atoms with Crippen molar-refractivity contribution in [3.05, 3.63) is 48.8 Å². The van der Waals surface area contributed by atoms with E-state index in [2.05, 4.69) is 39.0 Å². The molecule has 0 radical (unpaired) electrons. The molecule has 1 aliphatic rings. The van der Waals surface area contributed by atoms with Crippen molar-refractivity contribution in [3.63, 3.8) is 0 Å². The van der Waals surface area contributed by atoms with E-state index in [9.17, 15) is 4.79 Å². The quantitative estimate of drug-likeness (QED) is 0.887. The summed E-state index contributed by atoms with van der Waals surface area (Å²) in [5.41, 5.74) is 0.952. The Hall–Kier alpha value is -2.37. The number of hydrogen-bond donors (Lipinski definition) is 2.